The second-order valence-corrected chi connectivity index (χ2v) is 7.20. The lowest BCUT2D eigenvalue weighted by molar-refractivity contribution is -0.914. The third-order valence-electron chi connectivity index (χ3n) is 5.03. The van der Waals surface area contributed by atoms with Crippen molar-refractivity contribution >= 4 is 28.9 Å². The van der Waals surface area contributed by atoms with Gasteiger partial charge in [0, 0.05) is 10.7 Å². The van der Waals surface area contributed by atoms with E-state index in [1.165, 1.54) is 4.90 Å². The average molecular weight is 389 g/mol. The average Bonchev–Trinajstić information content (AvgIpc) is 2.69. The largest absolute Gasteiger partial charge is 0.492 e. The number of amides is 1. The van der Waals surface area contributed by atoms with Gasteiger partial charge in [0.15, 0.2) is 6.04 Å². The van der Waals surface area contributed by atoms with Crippen LogP contribution in [0.2, 0.25) is 5.02 Å². The molecule has 0 aliphatic carbocycles. The van der Waals surface area contributed by atoms with Gasteiger partial charge in [-0.1, -0.05) is 29.8 Å². The van der Waals surface area contributed by atoms with Crippen molar-refractivity contribution in [3.05, 3.63) is 53.6 Å². The molecule has 1 amide bonds. The van der Waals surface area contributed by atoms with E-state index in [-0.39, 0.29) is 11.9 Å². The molecule has 2 aromatic rings. The molecular formula is C21H27ClN3O2+. The number of nitrogens with zero attached hydrogens (tertiary/aromatic N) is 1. The fourth-order valence-electron chi connectivity index (χ4n) is 3.44. The van der Waals surface area contributed by atoms with Crippen LogP contribution in [-0.2, 0) is 4.79 Å². The number of hydrogen-bond donors (Lipinski definition) is 2. The number of nitrogens with one attached hydrogen (secondary N) is 2. The molecule has 6 heteroatoms. The van der Waals surface area contributed by atoms with Crippen molar-refractivity contribution in [1.82, 2.24) is 0 Å². The number of carbonyl (C=O) groups is 1. The van der Waals surface area contributed by atoms with Gasteiger partial charge in [-0.05, 0) is 44.2 Å². The third-order valence-corrected chi connectivity index (χ3v) is 5.26. The van der Waals surface area contributed by atoms with E-state index in [9.17, 15) is 4.79 Å². The molecule has 1 aliphatic heterocycles. The van der Waals surface area contributed by atoms with Crippen LogP contribution in [0.4, 0.5) is 11.4 Å². The molecule has 5 nitrogen and oxygen atoms in total. The van der Waals surface area contributed by atoms with Crippen LogP contribution < -0.4 is 19.9 Å². The van der Waals surface area contributed by atoms with Gasteiger partial charge in [0.05, 0.1) is 38.5 Å². The van der Waals surface area contributed by atoms with Crippen molar-refractivity contribution < 1.29 is 14.4 Å². The molecule has 2 N–H and O–H groups in total. The lowest BCUT2D eigenvalue weighted by atomic mass is 10.2. The fraction of sp³-hybridized carbons (Fsp3) is 0.381. The normalized spacial score (nSPS) is 16.0. The highest BCUT2D eigenvalue weighted by molar-refractivity contribution is 6.30. The monoisotopic (exact) mass is 388 g/mol. The van der Waals surface area contributed by atoms with E-state index < -0.39 is 0 Å². The van der Waals surface area contributed by atoms with Crippen LogP contribution in [0.5, 0.6) is 5.75 Å². The first kappa shape index (κ1) is 19.5. The molecule has 0 radical (unpaired) electrons. The van der Waals surface area contributed by atoms with Crippen molar-refractivity contribution in [2.75, 3.05) is 43.0 Å². The molecule has 3 rings (SSSR count). The summed E-state index contributed by atoms with van der Waals surface area (Å²) in [6.45, 7) is 8.13. The Morgan fingerprint density at radius 1 is 1.22 bits per heavy atom. The topological polar surface area (TPSA) is 46.0 Å². The molecule has 1 atom stereocenters. The van der Waals surface area contributed by atoms with Crippen LogP contribution in [0.3, 0.4) is 0 Å². The Balaban J connectivity index is 1.57. The minimum atomic E-state index is -0.124. The van der Waals surface area contributed by atoms with Crippen molar-refractivity contribution in [2.24, 2.45) is 0 Å². The Morgan fingerprint density at radius 3 is 2.67 bits per heavy atom. The van der Waals surface area contributed by atoms with E-state index in [1.54, 1.807) is 0 Å². The number of ether oxygens (including phenoxy) is 1. The zero-order valence-electron chi connectivity index (χ0n) is 15.9. The molecular weight excluding hydrogens is 362 g/mol. The van der Waals surface area contributed by atoms with E-state index in [2.05, 4.69) is 16.3 Å². The number of rotatable bonds is 6. The molecule has 0 spiro atoms. The predicted octanol–water partition coefficient (Wildman–Crippen LogP) is 2.47. The molecule has 1 heterocycles. The SMILES string of the molecule is CCOc1ccccc1NC(=O)[C@H](C)[NH+]1CCN(c2cccc(Cl)c2)CC1. The maximum absolute atomic E-state index is 12.7. The quantitative estimate of drug-likeness (QED) is 0.799. The Hall–Kier alpha value is -2.24. The van der Waals surface area contributed by atoms with Crippen LogP contribution in [0.15, 0.2) is 48.5 Å². The van der Waals surface area contributed by atoms with E-state index in [1.807, 2.05) is 56.3 Å². The number of halogens is 1. The molecule has 0 bridgehead atoms. The van der Waals surface area contributed by atoms with Crippen molar-refractivity contribution in [3.8, 4) is 5.75 Å². The predicted molar refractivity (Wildman–Crippen MR) is 110 cm³/mol. The first-order chi connectivity index (χ1) is 13.1. The zero-order chi connectivity index (χ0) is 19.2. The minimum Gasteiger partial charge on any atom is -0.492 e. The number of carbonyl (C=O) groups excluding carboxylic acids is 1. The summed E-state index contributed by atoms with van der Waals surface area (Å²) in [5.74, 6) is 0.731. The minimum absolute atomic E-state index is 0.0216. The molecule has 1 aliphatic rings. The maximum atomic E-state index is 12.7. The highest BCUT2D eigenvalue weighted by Gasteiger charge is 2.29. The second kappa shape index (κ2) is 9.11. The van der Waals surface area contributed by atoms with Gasteiger partial charge in [-0.3, -0.25) is 4.79 Å². The van der Waals surface area contributed by atoms with Crippen LogP contribution in [0, 0.1) is 0 Å². The molecule has 0 unspecified atom stereocenters. The fourth-order valence-corrected chi connectivity index (χ4v) is 3.62. The summed E-state index contributed by atoms with van der Waals surface area (Å²) in [5, 5.41) is 3.78. The molecule has 2 aromatic carbocycles. The van der Waals surface area contributed by atoms with Crippen LogP contribution in [0.25, 0.3) is 0 Å². The van der Waals surface area contributed by atoms with Gasteiger partial charge in [-0.25, -0.2) is 0 Å². The van der Waals surface area contributed by atoms with Gasteiger partial charge in [-0.2, -0.15) is 0 Å². The molecule has 27 heavy (non-hydrogen) atoms. The van der Waals surface area contributed by atoms with Crippen LogP contribution in [0.1, 0.15) is 13.8 Å². The van der Waals surface area contributed by atoms with Crippen molar-refractivity contribution in [1.29, 1.82) is 0 Å². The van der Waals surface area contributed by atoms with E-state index in [0.717, 1.165) is 42.6 Å². The molecule has 0 saturated carbocycles. The van der Waals surface area contributed by atoms with Crippen LogP contribution >= 0.6 is 11.6 Å². The van der Waals surface area contributed by atoms with Crippen molar-refractivity contribution in [2.45, 2.75) is 19.9 Å². The first-order valence-corrected chi connectivity index (χ1v) is 9.84. The van der Waals surface area contributed by atoms with Crippen LogP contribution in [-0.4, -0.2) is 44.7 Å². The van der Waals surface area contributed by atoms with Gasteiger partial charge in [0.1, 0.15) is 5.75 Å². The summed E-state index contributed by atoms with van der Waals surface area (Å²) < 4.78 is 5.60. The Kier molecular flexibility index (Phi) is 6.58. The summed E-state index contributed by atoms with van der Waals surface area (Å²) in [7, 11) is 0. The zero-order valence-corrected chi connectivity index (χ0v) is 16.6. The third kappa shape index (κ3) is 4.93. The molecule has 0 aromatic heterocycles. The summed E-state index contributed by atoms with van der Waals surface area (Å²) in [6, 6.07) is 15.4. The maximum Gasteiger partial charge on any atom is 0.282 e. The number of quaternary nitrogens is 1. The number of hydrogen-bond acceptors (Lipinski definition) is 3. The van der Waals surface area contributed by atoms with Gasteiger partial charge < -0.3 is 19.9 Å². The van der Waals surface area contributed by atoms with E-state index in [0.29, 0.717) is 12.4 Å². The Bertz CT molecular complexity index is 776. The van der Waals surface area contributed by atoms with Gasteiger partial charge in [0.2, 0.25) is 0 Å². The van der Waals surface area contributed by atoms with Crippen molar-refractivity contribution in [3.63, 3.8) is 0 Å². The van der Waals surface area contributed by atoms with Gasteiger partial charge in [-0.15, -0.1) is 0 Å². The molecule has 1 saturated heterocycles. The van der Waals surface area contributed by atoms with E-state index in [4.69, 9.17) is 16.3 Å². The van der Waals surface area contributed by atoms with E-state index >= 15 is 0 Å². The smallest absolute Gasteiger partial charge is 0.282 e. The highest BCUT2D eigenvalue weighted by Crippen LogP contribution is 2.23. The Morgan fingerprint density at radius 2 is 1.96 bits per heavy atom. The van der Waals surface area contributed by atoms with Gasteiger partial charge >= 0.3 is 0 Å². The molecule has 1 fully saturated rings. The number of piperazine rings is 1. The number of para-hydroxylation sites is 2. The highest BCUT2D eigenvalue weighted by atomic mass is 35.5. The standard InChI is InChI=1S/C21H26ClN3O2/c1-3-27-20-10-5-4-9-19(20)23-21(26)16(2)24-11-13-25(14-12-24)18-8-6-7-17(22)15-18/h4-10,15-16H,3,11-14H2,1-2H3,(H,23,26)/p+1/t16-/m0/s1. The van der Waals surface area contributed by atoms with Gasteiger partial charge in [0.25, 0.3) is 5.91 Å². The first-order valence-electron chi connectivity index (χ1n) is 9.46. The number of benzene rings is 2. The lowest BCUT2D eigenvalue weighted by Gasteiger charge is -2.36. The lowest BCUT2D eigenvalue weighted by Crippen LogP contribution is -3.19. The summed E-state index contributed by atoms with van der Waals surface area (Å²) >= 11 is 6.10. The molecule has 144 valence electrons. The summed E-state index contributed by atoms with van der Waals surface area (Å²) in [5.41, 5.74) is 1.87. The second-order valence-electron chi connectivity index (χ2n) is 6.77. The number of anilines is 2. The summed E-state index contributed by atoms with van der Waals surface area (Å²) in [4.78, 5) is 16.4. The Labute approximate surface area is 165 Å². The summed E-state index contributed by atoms with van der Waals surface area (Å²) in [6.07, 6.45) is 0.